The van der Waals surface area contributed by atoms with Gasteiger partial charge in [-0.15, -0.1) is 0 Å². The van der Waals surface area contributed by atoms with Gasteiger partial charge in [0.25, 0.3) is 5.56 Å². The lowest BCUT2D eigenvalue weighted by Crippen LogP contribution is -2.26. The molecule has 0 saturated heterocycles. The average Bonchev–Trinajstić information content (AvgIpc) is 2.19. The van der Waals surface area contributed by atoms with Gasteiger partial charge in [-0.1, -0.05) is 13.8 Å². The molecule has 0 aliphatic heterocycles. The molecular formula is C9H14BrN3O2. The fraction of sp³-hybridized carbons (Fsp3) is 0.556. The summed E-state index contributed by atoms with van der Waals surface area (Å²) in [6.07, 6.45) is 0.856. The number of nitrogens with zero attached hydrogens (tertiary/aromatic N) is 1. The van der Waals surface area contributed by atoms with Crippen LogP contribution in [0.15, 0.2) is 15.6 Å². The van der Waals surface area contributed by atoms with Crippen LogP contribution in [0.4, 0.5) is 5.82 Å². The molecule has 1 aromatic heterocycles. The van der Waals surface area contributed by atoms with Crippen LogP contribution in [0.3, 0.4) is 0 Å². The molecule has 0 aliphatic carbocycles. The normalized spacial score (nSPS) is 12.9. The molecular weight excluding hydrogens is 262 g/mol. The first-order valence-electron chi connectivity index (χ1n) is 4.67. The van der Waals surface area contributed by atoms with Crippen LogP contribution >= 0.6 is 15.9 Å². The topological polar surface area (TPSA) is 78.0 Å². The highest BCUT2D eigenvalue weighted by molar-refractivity contribution is 9.10. The van der Waals surface area contributed by atoms with Gasteiger partial charge < -0.3 is 15.4 Å². The highest BCUT2D eigenvalue weighted by atomic mass is 79.9. The minimum absolute atomic E-state index is 0.165. The summed E-state index contributed by atoms with van der Waals surface area (Å²) < 4.78 is 0.348. The number of hydrogen-bond donors (Lipinski definition) is 3. The van der Waals surface area contributed by atoms with Gasteiger partial charge in [0.15, 0.2) is 0 Å². The van der Waals surface area contributed by atoms with Gasteiger partial charge in [-0.2, -0.15) is 0 Å². The summed E-state index contributed by atoms with van der Waals surface area (Å²) >= 11 is 3.12. The number of nitrogens with one attached hydrogen (secondary N) is 2. The maximum Gasteiger partial charge on any atom is 0.267 e. The zero-order chi connectivity index (χ0) is 11.4. The van der Waals surface area contributed by atoms with Crippen molar-refractivity contribution < 1.29 is 5.11 Å². The second kappa shape index (κ2) is 5.27. The van der Waals surface area contributed by atoms with E-state index in [1.807, 2.05) is 13.8 Å². The maximum atomic E-state index is 11.2. The van der Waals surface area contributed by atoms with Gasteiger partial charge in [0.2, 0.25) is 0 Å². The Hall–Kier alpha value is -0.880. The van der Waals surface area contributed by atoms with Gasteiger partial charge in [0.1, 0.15) is 10.3 Å². The van der Waals surface area contributed by atoms with Crippen molar-refractivity contribution in [3.63, 3.8) is 0 Å². The van der Waals surface area contributed by atoms with Crippen LogP contribution in [-0.4, -0.2) is 27.7 Å². The van der Waals surface area contributed by atoms with Crippen LogP contribution in [0.5, 0.6) is 0 Å². The van der Waals surface area contributed by atoms with E-state index in [-0.39, 0.29) is 11.5 Å². The number of aromatic amines is 1. The molecule has 3 N–H and O–H groups in total. The lowest BCUT2D eigenvalue weighted by molar-refractivity contribution is 0.138. The molecule has 1 atom stereocenters. The number of aliphatic hydroxyl groups is 1. The number of hydrogen-bond acceptors (Lipinski definition) is 4. The molecule has 0 aromatic carbocycles. The highest BCUT2D eigenvalue weighted by Gasteiger charge is 2.10. The van der Waals surface area contributed by atoms with Crippen LogP contribution in [0.2, 0.25) is 0 Å². The van der Waals surface area contributed by atoms with Crippen molar-refractivity contribution in [2.75, 3.05) is 11.9 Å². The molecule has 0 aliphatic rings. The van der Waals surface area contributed by atoms with E-state index in [1.165, 1.54) is 6.33 Å². The monoisotopic (exact) mass is 275 g/mol. The summed E-state index contributed by atoms with van der Waals surface area (Å²) in [4.78, 5) is 17.6. The van der Waals surface area contributed by atoms with Gasteiger partial charge in [-0.05, 0) is 21.8 Å². The first kappa shape index (κ1) is 12.2. The Balaban J connectivity index is 2.66. The molecule has 0 saturated carbocycles. The minimum atomic E-state index is -0.460. The zero-order valence-electron chi connectivity index (χ0n) is 8.62. The Morgan fingerprint density at radius 1 is 1.67 bits per heavy atom. The Bertz CT molecular complexity index is 378. The fourth-order valence-corrected chi connectivity index (χ4v) is 1.30. The van der Waals surface area contributed by atoms with Gasteiger partial charge >= 0.3 is 0 Å². The van der Waals surface area contributed by atoms with Gasteiger partial charge in [0.05, 0.1) is 12.4 Å². The summed E-state index contributed by atoms with van der Waals surface area (Å²) in [6, 6.07) is 0. The van der Waals surface area contributed by atoms with Crippen molar-refractivity contribution in [2.24, 2.45) is 5.92 Å². The second-order valence-corrected chi connectivity index (χ2v) is 4.38. The molecule has 15 heavy (non-hydrogen) atoms. The third-order valence-electron chi connectivity index (χ3n) is 2.04. The summed E-state index contributed by atoms with van der Waals surface area (Å²) in [7, 11) is 0. The van der Waals surface area contributed by atoms with Gasteiger partial charge in [-0.25, -0.2) is 4.98 Å². The highest BCUT2D eigenvalue weighted by Crippen LogP contribution is 2.13. The van der Waals surface area contributed by atoms with E-state index in [9.17, 15) is 9.90 Å². The third kappa shape index (κ3) is 3.32. The molecule has 1 unspecified atom stereocenters. The maximum absolute atomic E-state index is 11.2. The van der Waals surface area contributed by atoms with Crippen LogP contribution in [0.1, 0.15) is 13.8 Å². The molecule has 5 nitrogen and oxygen atoms in total. The summed E-state index contributed by atoms with van der Waals surface area (Å²) in [5.41, 5.74) is -0.244. The van der Waals surface area contributed by atoms with E-state index in [2.05, 4.69) is 31.2 Å². The smallest absolute Gasteiger partial charge is 0.267 e. The molecule has 0 spiro atoms. The molecule has 84 valence electrons. The Morgan fingerprint density at radius 3 is 2.93 bits per heavy atom. The van der Waals surface area contributed by atoms with E-state index < -0.39 is 6.10 Å². The zero-order valence-corrected chi connectivity index (χ0v) is 10.2. The van der Waals surface area contributed by atoms with Crippen molar-refractivity contribution in [3.8, 4) is 0 Å². The lowest BCUT2D eigenvalue weighted by atomic mass is 10.1. The number of anilines is 1. The number of aromatic nitrogens is 2. The van der Waals surface area contributed by atoms with Crippen molar-refractivity contribution in [1.82, 2.24) is 9.97 Å². The lowest BCUT2D eigenvalue weighted by Gasteiger charge is -2.15. The molecule has 0 bridgehead atoms. The summed E-state index contributed by atoms with van der Waals surface area (Å²) in [6.45, 7) is 4.21. The predicted octanol–water partition coefficient (Wildman–Crippen LogP) is 0.961. The molecule has 0 radical (unpaired) electrons. The van der Waals surface area contributed by atoms with Crippen molar-refractivity contribution in [2.45, 2.75) is 20.0 Å². The largest absolute Gasteiger partial charge is 0.391 e. The average molecular weight is 276 g/mol. The van der Waals surface area contributed by atoms with E-state index in [0.717, 1.165) is 0 Å². The predicted molar refractivity (Wildman–Crippen MR) is 61.9 cm³/mol. The van der Waals surface area contributed by atoms with E-state index in [4.69, 9.17) is 0 Å². The number of aliphatic hydroxyl groups excluding tert-OH is 1. The summed E-state index contributed by atoms with van der Waals surface area (Å²) in [5.74, 6) is 0.608. The van der Waals surface area contributed by atoms with Crippen LogP contribution < -0.4 is 10.9 Å². The quantitative estimate of drug-likeness (QED) is 0.765. The first-order valence-corrected chi connectivity index (χ1v) is 5.46. The Morgan fingerprint density at radius 2 is 2.33 bits per heavy atom. The second-order valence-electron chi connectivity index (χ2n) is 3.59. The van der Waals surface area contributed by atoms with Crippen molar-refractivity contribution in [1.29, 1.82) is 0 Å². The molecule has 1 aromatic rings. The van der Waals surface area contributed by atoms with E-state index >= 15 is 0 Å². The van der Waals surface area contributed by atoms with Gasteiger partial charge in [-0.3, -0.25) is 4.79 Å². The van der Waals surface area contributed by atoms with Gasteiger partial charge in [0, 0.05) is 6.54 Å². The van der Waals surface area contributed by atoms with Crippen LogP contribution in [0, 0.1) is 5.92 Å². The molecule has 1 heterocycles. The Labute approximate surface area is 96.1 Å². The molecule has 1 rings (SSSR count). The third-order valence-corrected chi connectivity index (χ3v) is 2.78. The fourth-order valence-electron chi connectivity index (χ4n) is 0.943. The summed E-state index contributed by atoms with van der Waals surface area (Å²) in [5, 5.41) is 12.5. The molecule has 6 heteroatoms. The SMILES string of the molecule is CC(C)C(O)CNc1nc[nH]c(=O)c1Br. The van der Waals surface area contributed by atoms with E-state index in [0.29, 0.717) is 16.8 Å². The number of halogens is 1. The molecule has 0 fully saturated rings. The van der Waals surface area contributed by atoms with E-state index in [1.54, 1.807) is 0 Å². The standard InChI is InChI=1S/C9H14BrN3O2/c1-5(2)6(14)3-11-8-7(10)9(15)13-4-12-8/h4-6,14H,3H2,1-2H3,(H2,11,12,13,15). The van der Waals surface area contributed by atoms with Crippen LogP contribution in [0.25, 0.3) is 0 Å². The number of rotatable bonds is 4. The Kier molecular flexibility index (Phi) is 4.28. The van der Waals surface area contributed by atoms with Crippen molar-refractivity contribution in [3.05, 3.63) is 21.2 Å². The molecule has 0 amide bonds. The number of H-pyrrole nitrogens is 1. The minimum Gasteiger partial charge on any atom is -0.391 e. The first-order chi connectivity index (χ1) is 7.02. The van der Waals surface area contributed by atoms with Crippen molar-refractivity contribution >= 4 is 21.7 Å². The van der Waals surface area contributed by atoms with Crippen LogP contribution in [-0.2, 0) is 0 Å².